The zero-order valence-electron chi connectivity index (χ0n) is 8.96. The van der Waals surface area contributed by atoms with Crippen LogP contribution in [0.15, 0.2) is 29.4 Å². The van der Waals surface area contributed by atoms with Crippen molar-refractivity contribution in [1.82, 2.24) is 10.5 Å². The number of nitrogens with one attached hydrogen (secondary N) is 1. The third-order valence-corrected chi connectivity index (χ3v) is 1.82. The first kappa shape index (κ1) is 12.8. The van der Waals surface area contributed by atoms with Gasteiger partial charge in [0.05, 0.1) is 6.20 Å². The number of nitrogens with zero attached hydrogens (tertiary/aromatic N) is 1. The fourth-order valence-corrected chi connectivity index (χ4v) is 1.07. The summed E-state index contributed by atoms with van der Waals surface area (Å²) in [5.41, 5.74) is 0. The highest BCUT2D eigenvalue weighted by molar-refractivity contribution is 5.80. The van der Waals surface area contributed by atoms with Gasteiger partial charge in [-0.25, -0.2) is 9.59 Å². The molecule has 1 amide bonds. The van der Waals surface area contributed by atoms with E-state index in [1.807, 2.05) is 0 Å². The fraction of sp³-hybridized carbons (Fsp3) is 0.300. The van der Waals surface area contributed by atoms with Gasteiger partial charge < -0.3 is 19.7 Å². The molecule has 0 spiro atoms. The average Bonchev–Trinajstić information content (AvgIpc) is 2.78. The van der Waals surface area contributed by atoms with Crippen LogP contribution >= 0.6 is 0 Å². The van der Waals surface area contributed by atoms with Crippen LogP contribution in [-0.2, 0) is 16.0 Å². The standard InChI is InChI=1S/C10H12N2O5/c1-2-5-16-10(15)12-8(9(13)14)6-7-3-4-11-17-7/h2-4,8H,1,5-6H2,(H,12,15)(H,13,14). The Morgan fingerprint density at radius 3 is 3.00 bits per heavy atom. The quantitative estimate of drug-likeness (QED) is 0.705. The normalized spacial score (nSPS) is 11.5. The number of carbonyl (C=O) groups is 2. The van der Waals surface area contributed by atoms with Gasteiger partial charge in [-0.05, 0) is 0 Å². The Bertz CT molecular complexity index is 387. The molecule has 1 heterocycles. The summed E-state index contributed by atoms with van der Waals surface area (Å²) in [6.07, 6.45) is 1.95. The molecule has 1 rings (SSSR count). The van der Waals surface area contributed by atoms with Crippen LogP contribution in [0, 0.1) is 0 Å². The molecule has 0 bridgehead atoms. The van der Waals surface area contributed by atoms with E-state index in [0.29, 0.717) is 5.76 Å². The first-order valence-electron chi connectivity index (χ1n) is 4.80. The monoisotopic (exact) mass is 240 g/mol. The molecule has 0 aliphatic heterocycles. The summed E-state index contributed by atoms with van der Waals surface area (Å²) in [5, 5.41) is 14.5. The highest BCUT2D eigenvalue weighted by Gasteiger charge is 2.22. The van der Waals surface area contributed by atoms with E-state index in [4.69, 9.17) is 9.63 Å². The van der Waals surface area contributed by atoms with E-state index in [1.165, 1.54) is 18.3 Å². The molecule has 1 atom stereocenters. The summed E-state index contributed by atoms with van der Waals surface area (Å²) in [7, 11) is 0. The molecule has 1 aromatic rings. The summed E-state index contributed by atoms with van der Waals surface area (Å²) in [6, 6.07) is 0.396. The van der Waals surface area contributed by atoms with Gasteiger partial charge in [-0.2, -0.15) is 0 Å². The van der Waals surface area contributed by atoms with Crippen molar-refractivity contribution in [3.63, 3.8) is 0 Å². The largest absolute Gasteiger partial charge is 0.480 e. The smallest absolute Gasteiger partial charge is 0.408 e. The maximum atomic E-state index is 11.2. The van der Waals surface area contributed by atoms with E-state index in [1.54, 1.807) is 0 Å². The lowest BCUT2D eigenvalue weighted by molar-refractivity contribution is -0.139. The Kier molecular flexibility index (Phi) is 4.74. The topological polar surface area (TPSA) is 102 Å². The second-order valence-corrected chi connectivity index (χ2v) is 3.11. The van der Waals surface area contributed by atoms with Gasteiger partial charge in [-0.15, -0.1) is 0 Å². The Labute approximate surface area is 97.0 Å². The second kappa shape index (κ2) is 6.31. The molecule has 0 aliphatic carbocycles. The minimum atomic E-state index is -1.18. The lowest BCUT2D eigenvalue weighted by Gasteiger charge is -2.12. The Hall–Kier alpha value is -2.31. The zero-order valence-corrected chi connectivity index (χ0v) is 8.96. The minimum Gasteiger partial charge on any atom is -0.480 e. The first-order chi connectivity index (χ1) is 8.13. The van der Waals surface area contributed by atoms with Crippen molar-refractivity contribution in [2.75, 3.05) is 6.61 Å². The van der Waals surface area contributed by atoms with Crippen molar-refractivity contribution in [3.05, 3.63) is 30.7 Å². The number of hydrogen-bond donors (Lipinski definition) is 2. The van der Waals surface area contributed by atoms with Crippen LogP contribution < -0.4 is 5.32 Å². The lowest BCUT2D eigenvalue weighted by atomic mass is 10.2. The number of carboxylic acids is 1. The molecule has 2 N–H and O–H groups in total. The number of ether oxygens (including phenoxy) is 1. The third-order valence-electron chi connectivity index (χ3n) is 1.82. The zero-order chi connectivity index (χ0) is 12.7. The minimum absolute atomic E-state index is 0.00147. The van der Waals surface area contributed by atoms with E-state index >= 15 is 0 Å². The van der Waals surface area contributed by atoms with Crippen LogP contribution in [0.5, 0.6) is 0 Å². The van der Waals surface area contributed by atoms with Crippen molar-refractivity contribution >= 4 is 12.1 Å². The summed E-state index contributed by atoms with van der Waals surface area (Å²) in [6.45, 7) is 3.38. The molecule has 0 saturated heterocycles. The van der Waals surface area contributed by atoms with Gasteiger partial charge in [-0.3, -0.25) is 0 Å². The number of aliphatic carboxylic acids is 1. The van der Waals surface area contributed by atoms with Gasteiger partial charge in [-0.1, -0.05) is 17.8 Å². The van der Waals surface area contributed by atoms with Crippen molar-refractivity contribution in [3.8, 4) is 0 Å². The number of rotatable bonds is 6. The molecule has 17 heavy (non-hydrogen) atoms. The molecule has 7 nitrogen and oxygen atoms in total. The van der Waals surface area contributed by atoms with Crippen LogP contribution in [0.4, 0.5) is 4.79 Å². The summed E-state index contributed by atoms with van der Waals surface area (Å²) in [4.78, 5) is 22.0. The van der Waals surface area contributed by atoms with Gasteiger partial charge in [0.1, 0.15) is 18.4 Å². The van der Waals surface area contributed by atoms with Crippen LogP contribution in [0.2, 0.25) is 0 Å². The number of aromatic nitrogens is 1. The molecule has 0 aromatic carbocycles. The Balaban J connectivity index is 2.51. The van der Waals surface area contributed by atoms with Crippen LogP contribution in [0.1, 0.15) is 5.76 Å². The number of amides is 1. The number of carbonyl (C=O) groups excluding carboxylic acids is 1. The van der Waals surface area contributed by atoms with E-state index in [0.717, 1.165) is 0 Å². The van der Waals surface area contributed by atoms with Crippen molar-refractivity contribution < 1.29 is 24.0 Å². The molecule has 7 heteroatoms. The molecule has 1 aromatic heterocycles. The SMILES string of the molecule is C=CCOC(=O)NC(Cc1ccno1)C(=O)O. The molecular formula is C10H12N2O5. The molecule has 1 unspecified atom stereocenters. The van der Waals surface area contributed by atoms with Crippen LogP contribution in [0.25, 0.3) is 0 Å². The van der Waals surface area contributed by atoms with Gasteiger partial charge in [0, 0.05) is 12.5 Å². The van der Waals surface area contributed by atoms with Crippen molar-refractivity contribution in [1.29, 1.82) is 0 Å². The molecule has 92 valence electrons. The number of alkyl carbamates (subject to hydrolysis) is 1. The number of carboxylic acid groups (broad SMARTS) is 1. The second-order valence-electron chi connectivity index (χ2n) is 3.11. The van der Waals surface area contributed by atoms with E-state index in [-0.39, 0.29) is 13.0 Å². The van der Waals surface area contributed by atoms with Crippen LogP contribution in [-0.4, -0.2) is 35.0 Å². The number of hydrogen-bond acceptors (Lipinski definition) is 5. The Morgan fingerprint density at radius 2 is 2.47 bits per heavy atom. The predicted octanol–water partition coefficient (Wildman–Crippen LogP) is 0.583. The van der Waals surface area contributed by atoms with E-state index < -0.39 is 18.1 Å². The highest BCUT2D eigenvalue weighted by Crippen LogP contribution is 2.02. The summed E-state index contributed by atoms with van der Waals surface area (Å²) in [5.74, 6) is -0.821. The molecular weight excluding hydrogens is 228 g/mol. The third kappa shape index (κ3) is 4.37. The van der Waals surface area contributed by atoms with Crippen molar-refractivity contribution in [2.24, 2.45) is 0 Å². The van der Waals surface area contributed by atoms with Gasteiger partial charge in [0.15, 0.2) is 0 Å². The first-order valence-corrected chi connectivity index (χ1v) is 4.80. The summed E-state index contributed by atoms with van der Waals surface area (Å²) >= 11 is 0. The average molecular weight is 240 g/mol. The lowest BCUT2D eigenvalue weighted by Crippen LogP contribution is -2.42. The van der Waals surface area contributed by atoms with Crippen molar-refractivity contribution in [2.45, 2.75) is 12.5 Å². The molecule has 0 aliphatic rings. The summed E-state index contributed by atoms with van der Waals surface area (Å²) < 4.78 is 9.37. The van der Waals surface area contributed by atoms with Gasteiger partial charge in [0.25, 0.3) is 0 Å². The molecule has 0 fully saturated rings. The maximum Gasteiger partial charge on any atom is 0.408 e. The fourth-order valence-electron chi connectivity index (χ4n) is 1.07. The molecule has 0 saturated carbocycles. The van der Waals surface area contributed by atoms with Gasteiger partial charge >= 0.3 is 12.1 Å². The molecule has 0 radical (unpaired) electrons. The van der Waals surface area contributed by atoms with Crippen LogP contribution in [0.3, 0.4) is 0 Å². The van der Waals surface area contributed by atoms with E-state index in [2.05, 4.69) is 21.8 Å². The highest BCUT2D eigenvalue weighted by atomic mass is 16.5. The van der Waals surface area contributed by atoms with Gasteiger partial charge in [0.2, 0.25) is 0 Å². The Morgan fingerprint density at radius 1 is 1.71 bits per heavy atom. The maximum absolute atomic E-state index is 11.2. The predicted molar refractivity (Wildman–Crippen MR) is 56.3 cm³/mol. The van der Waals surface area contributed by atoms with E-state index in [9.17, 15) is 9.59 Å².